The molecule has 1 saturated heterocycles. The van der Waals surface area contributed by atoms with Gasteiger partial charge in [0.05, 0.1) is 5.02 Å². The van der Waals surface area contributed by atoms with E-state index in [0.717, 1.165) is 12.8 Å². The Morgan fingerprint density at radius 1 is 1.53 bits per heavy atom. The van der Waals surface area contributed by atoms with Gasteiger partial charge in [-0.2, -0.15) is 4.31 Å². The summed E-state index contributed by atoms with van der Waals surface area (Å²) in [5, 5.41) is 0.0578. The Hall–Kier alpha value is -0.690. The average Bonchev–Trinajstić information content (AvgIpc) is 2.29. The SMILES string of the molecule is NC1CCCN(S(=O)(=O)c2ncccc2Cl)C1. The molecule has 7 heteroatoms. The van der Waals surface area contributed by atoms with Crippen LogP contribution in [0.3, 0.4) is 0 Å². The lowest BCUT2D eigenvalue weighted by atomic mass is 10.1. The largest absolute Gasteiger partial charge is 0.327 e. The third-order valence-corrected chi connectivity index (χ3v) is 4.97. The van der Waals surface area contributed by atoms with Crippen LogP contribution in [0.25, 0.3) is 0 Å². The van der Waals surface area contributed by atoms with Crippen LogP contribution in [0.15, 0.2) is 23.4 Å². The van der Waals surface area contributed by atoms with Crippen molar-refractivity contribution >= 4 is 21.6 Å². The Morgan fingerprint density at radius 2 is 2.29 bits per heavy atom. The topological polar surface area (TPSA) is 76.3 Å². The first-order valence-corrected chi connectivity index (χ1v) is 7.20. The number of rotatable bonds is 2. The predicted octanol–water partition coefficient (Wildman–Crippen LogP) is 0.847. The molecule has 0 bridgehead atoms. The maximum absolute atomic E-state index is 12.3. The molecule has 5 nitrogen and oxygen atoms in total. The molecule has 94 valence electrons. The quantitative estimate of drug-likeness (QED) is 0.868. The van der Waals surface area contributed by atoms with Crippen LogP contribution >= 0.6 is 11.6 Å². The molecule has 1 aromatic rings. The monoisotopic (exact) mass is 275 g/mol. The number of nitrogens with two attached hydrogens (primary N) is 1. The van der Waals surface area contributed by atoms with Gasteiger partial charge in [0.15, 0.2) is 5.03 Å². The predicted molar refractivity (Wildman–Crippen MR) is 65.2 cm³/mol. The number of pyridine rings is 1. The Kier molecular flexibility index (Phi) is 3.67. The molecule has 2 heterocycles. The summed E-state index contributed by atoms with van der Waals surface area (Å²) in [5.41, 5.74) is 5.78. The van der Waals surface area contributed by atoms with E-state index in [0.29, 0.717) is 13.1 Å². The first kappa shape index (κ1) is 12.8. The molecule has 2 N–H and O–H groups in total. The molecule has 17 heavy (non-hydrogen) atoms. The minimum atomic E-state index is -3.62. The second kappa shape index (κ2) is 4.89. The molecular formula is C10H14ClN3O2S. The van der Waals surface area contributed by atoms with Crippen LogP contribution in [0.5, 0.6) is 0 Å². The third-order valence-electron chi connectivity index (χ3n) is 2.73. The van der Waals surface area contributed by atoms with Crippen molar-refractivity contribution in [3.8, 4) is 0 Å². The van der Waals surface area contributed by atoms with E-state index < -0.39 is 10.0 Å². The van der Waals surface area contributed by atoms with Gasteiger partial charge >= 0.3 is 0 Å². The van der Waals surface area contributed by atoms with Crippen molar-refractivity contribution < 1.29 is 8.42 Å². The number of piperidine rings is 1. The lowest BCUT2D eigenvalue weighted by Crippen LogP contribution is -2.45. The molecular weight excluding hydrogens is 262 g/mol. The molecule has 1 atom stereocenters. The van der Waals surface area contributed by atoms with Crippen LogP contribution in [0.2, 0.25) is 5.02 Å². The third kappa shape index (κ3) is 2.60. The van der Waals surface area contributed by atoms with Crippen LogP contribution in [0.1, 0.15) is 12.8 Å². The molecule has 0 saturated carbocycles. The lowest BCUT2D eigenvalue weighted by molar-refractivity contribution is 0.315. The van der Waals surface area contributed by atoms with E-state index in [4.69, 9.17) is 17.3 Å². The number of nitrogens with zero attached hydrogens (tertiary/aromatic N) is 2. The van der Waals surface area contributed by atoms with Gasteiger partial charge in [-0.05, 0) is 25.0 Å². The maximum Gasteiger partial charge on any atom is 0.262 e. The molecule has 1 aliphatic heterocycles. The molecule has 1 aliphatic rings. The average molecular weight is 276 g/mol. The van der Waals surface area contributed by atoms with Gasteiger partial charge in [-0.1, -0.05) is 11.6 Å². The zero-order valence-corrected chi connectivity index (χ0v) is 10.8. The second-order valence-electron chi connectivity index (χ2n) is 4.06. The highest BCUT2D eigenvalue weighted by Gasteiger charge is 2.31. The van der Waals surface area contributed by atoms with Gasteiger partial charge in [0, 0.05) is 25.3 Å². The Labute approximate surface area is 106 Å². The van der Waals surface area contributed by atoms with Crippen molar-refractivity contribution in [3.05, 3.63) is 23.4 Å². The van der Waals surface area contributed by atoms with E-state index in [1.165, 1.54) is 16.6 Å². The van der Waals surface area contributed by atoms with Crippen LogP contribution in [-0.2, 0) is 10.0 Å². The number of hydrogen-bond donors (Lipinski definition) is 1. The van der Waals surface area contributed by atoms with E-state index in [-0.39, 0.29) is 16.1 Å². The summed E-state index contributed by atoms with van der Waals surface area (Å²) in [6.45, 7) is 0.804. The van der Waals surface area contributed by atoms with Crippen LogP contribution in [-0.4, -0.2) is 36.8 Å². The molecule has 1 fully saturated rings. The minimum absolute atomic E-state index is 0.0873. The molecule has 1 aromatic heterocycles. The minimum Gasteiger partial charge on any atom is -0.327 e. The Bertz CT molecular complexity index is 506. The van der Waals surface area contributed by atoms with Crippen LogP contribution in [0, 0.1) is 0 Å². The molecule has 0 spiro atoms. The van der Waals surface area contributed by atoms with Crippen molar-refractivity contribution in [1.82, 2.24) is 9.29 Å². The smallest absolute Gasteiger partial charge is 0.262 e. The fourth-order valence-electron chi connectivity index (χ4n) is 1.88. The molecule has 0 radical (unpaired) electrons. The Morgan fingerprint density at radius 3 is 2.94 bits per heavy atom. The molecule has 0 amide bonds. The highest BCUT2D eigenvalue weighted by atomic mass is 35.5. The van der Waals surface area contributed by atoms with Gasteiger partial charge < -0.3 is 5.73 Å². The van der Waals surface area contributed by atoms with E-state index in [9.17, 15) is 8.42 Å². The first-order valence-electron chi connectivity index (χ1n) is 5.38. The van der Waals surface area contributed by atoms with Crippen LogP contribution < -0.4 is 5.73 Å². The summed E-state index contributed by atoms with van der Waals surface area (Å²) in [5.74, 6) is 0. The summed E-state index contributed by atoms with van der Waals surface area (Å²) >= 11 is 5.86. The molecule has 2 rings (SSSR count). The van der Waals surface area contributed by atoms with Crippen molar-refractivity contribution in [1.29, 1.82) is 0 Å². The van der Waals surface area contributed by atoms with Gasteiger partial charge in [0.1, 0.15) is 0 Å². The number of halogens is 1. The van der Waals surface area contributed by atoms with Crippen molar-refractivity contribution in [2.24, 2.45) is 5.73 Å². The highest BCUT2D eigenvalue weighted by molar-refractivity contribution is 7.89. The number of hydrogen-bond acceptors (Lipinski definition) is 4. The first-order chi connectivity index (χ1) is 8.01. The zero-order valence-electron chi connectivity index (χ0n) is 9.21. The molecule has 0 aromatic carbocycles. The van der Waals surface area contributed by atoms with Gasteiger partial charge in [-0.3, -0.25) is 0 Å². The van der Waals surface area contributed by atoms with E-state index in [2.05, 4.69) is 4.98 Å². The molecule has 0 aliphatic carbocycles. The Balaban J connectivity index is 2.33. The fourth-order valence-corrected chi connectivity index (χ4v) is 3.80. The van der Waals surface area contributed by atoms with E-state index >= 15 is 0 Å². The van der Waals surface area contributed by atoms with Crippen molar-refractivity contribution in [3.63, 3.8) is 0 Å². The van der Waals surface area contributed by atoms with Gasteiger partial charge in [-0.25, -0.2) is 13.4 Å². The van der Waals surface area contributed by atoms with E-state index in [1.54, 1.807) is 6.07 Å². The van der Waals surface area contributed by atoms with Gasteiger partial charge in [0.25, 0.3) is 10.0 Å². The molecule has 1 unspecified atom stereocenters. The summed E-state index contributed by atoms with van der Waals surface area (Å²) in [6, 6.07) is 3.01. The standard InChI is InChI=1S/C10H14ClN3O2S/c11-9-4-1-5-13-10(9)17(15,16)14-6-2-3-8(12)7-14/h1,4-5,8H,2-3,6-7,12H2. The number of aromatic nitrogens is 1. The summed E-state index contributed by atoms with van der Waals surface area (Å²) < 4.78 is 25.9. The second-order valence-corrected chi connectivity index (χ2v) is 6.32. The maximum atomic E-state index is 12.3. The summed E-state index contributed by atoms with van der Waals surface area (Å²) in [6.07, 6.45) is 3.04. The van der Waals surface area contributed by atoms with Crippen molar-refractivity contribution in [2.75, 3.05) is 13.1 Å². The number of sulfonamides is 1. The normalized spacial score (nSPS) is 22.6. The lowest BCUT2D eigenvalue weighted by Gasteiger charge is -2.29. The van der Waals surface area contributed by atoms with Crippen molar-refractivity contribution in [2.45, 2.75) is 23.9 Å². The van der Waals surface area contributed by atoms with Gasteiger partial charge in [-0.15, -0.1) is 0 Å². The summed E-state index contributed by atoms with van der Waals surface area (Å²) in [7, 11) is -3.62. The van der Waals surface area contributed by atoms with Gasteiger partial charge in [0.2, 0.25) is 0 Å². The fraction of sp³-hybridized carbons (Fsp3) is 0.500. The summed E-state index contributed by atoms with van der Waals surface area (Å²) in [4.78, 5) is 3.85. The van der Waals surface area contributed by atoms with E-state index in [1.807, 2.05) is 0 Å². The zero-order chi connectivity index (χ0) is 12.5. The van der Waals surface area contributed by atoms with Crippen LogP contribution in [0.4, 0.5) is 0 Å². The highest BCUT2D eigenvalue weighted by Crippen LogP contribution is 2.24.